The number of ether oxygens (including phenoxy) is 2. The number of carbonyl (C=O) groups excluding carboxylic acids is 1. The molecule has 1 aliphatic heterocycles. The highest BCUT2D eigenvalue weighted by molar-refractivity contribution is 6.30. The van der Waals surface area contributed by atoms with Crippen LogP contribution < -0.4 is 15.8 Å². The SMILES string of the molecule is COc1ccc(Cl)cc1C1(CNC(C(N)=O)c2ccc(C#N)cc2)CCOCC1. The van der Waals surface area contributed by atoms with Gasteiger partial charge in [0.05, 0.1) is 18.7 Å². The summed E-state index contributed by atoms with van der Waals surface area (Å²) >= 11 is 6.28. The third-order valence-electron chi connectivity index (χ3n) is 5.48. The van der Waals surface area contributed by atoms with E-state index in [9.17, 15) is 4.79 Å². The van der Waals surface area contributed by atoms with Crippen LogP contribution in [0.15, 0.2) is 42.5 Å². The zero-order valence-corrected chi connectivity index (χ0v) is 17.0. The summed E-state index contributed by atoms with van der Waals surface area (Å²) in [6.07, 6.45) is 1.52. The van der Waals surface area contributed by atoms with Crippen LogP contribution in [0.1, 0.15) is 35.6 Å². The van der Waals surface area contributed by atoms with Crippen LogP contribution in [-0.2, 0) is 14.9 Å². The highest BCUT2D eigenvalue weighted by Gasteiger charge is 2.38. The van der Waals surface area contributed by atoms with Crippen molar-refractivity contribution in [2.45, 2.75) is 24.3 Å². The fourth-order valence-electron chi connectivity index (χ4n) is 3.83. The van der Waals surface area contributed by atoms with Gasteiger partial charge in [0.1, 0.15) is 11.8 Å². The van der Waals surface area contributed by atoms with Crippen molar-refractivity contribution in [1.29, 1.82) is 5.26 Å². The molecule has 0 spiro atoms. The summed E-state index contributed by atoms with van der Waals surface area (Å²) in [6.45, 7) is 1.71. The summed E-state index contributed by atoms with van der Waals surface area (Å²) < 4.78 is 11.2. The third-order valence-corrected chi connectivity index (χ3v) is 5.72. The van der Waals surface area contributed by atoms with E-state index in [4.69, 9.17) is 32.1 Å². The molecule has 1 fully saturated rings. The predicted molar refractivity (Wildman–Crippen MR) is 111 cm³/mol. The zero-order chi connectivity index (χ0) is 20.9. The first kappa shape index (κ1) is 21.1. The average Bonchev–Trinajstić information content (AvgIpc) is 2.74. The molecule has 29 heavy (non-hydrogen) atoms. The van der Waals surface area contributed by atoms with E-state index in [2.05, 4.69) is 11.4 Å². The number of methoxy groups -OCH3 is 1. The van der Waals surface area contributed by atoms with E-state index in [0.717, 1.165) is 29.7 Å². The van der Waals surface area contributed by atoms with E-state index in [0.29, 0.717) is 30.3 Å². The van der Waals surface area contributed by atoms with Crippen LogP contribution in [0.3, 0.4) is 0 Å². The minimum absolute atomic E-state index is 0.311. The lowest BCUT2D eigenvalue weighted by atomic mass is 9.73. The Morgan fingerprint density at radius 2 is 2.00 bits per heavy atom. The average molecular weight is 414 g/mol. The quantitative estimate of drug-likeness (QED) is 0.726. The van der Waals surface area contributed by atoms with Gasteiger partial charge in [0.2, 0.25) is 5.91 Å². The van der Waals surface area contributed by atoms with Crippen molar-refractivity contribution < 1.29 is 14.3 Å². The molecule has 0 bridgehead atoms. The largest absolute Gasteiger partial charge is 0.496 e. The van der Waals surface area contributed by atoms with Crippen LogP contribution in [-0.4, -0.2) is 32.8 Å². The molecule has 0 aliphatic carbocycles. The maximum atomic E-state index is 12.2. The lowest BCUT2D eigenvalue weighted by Gasteiger charge is -2.39. The van der Waals surface area contributed by atoms with Gasteiger partial charge in [-0.1, -0.05) is 23.7 Å². The molecule has 152 valence electrons. The molecule has 1 amide bonds. The number of benzene rings is 2. The number of nitrogens with zero attached hydrogens (tertiary/aromatic N) is 1. The summed E-state index contributed by atoms with van der Waals surface area (Å²) in [7, 11) is 1.64. The molecule has 7 heteroatoms. The number of amides is 1. The van der Waals surface area contributed by atoms with Crippen molar-refractivity contribution in [2.75, 3.05) is 26.9 Å². The number of hydrogen-bond donors (Lipinski definition) is 2. The Balaban J connectivity index is 1.91. The predicted octanol–water partition coefficient (Wildman–Crippen LogP) is 3.08. The molecule has 2 aromatic carbocycles. The Kier molecular flexibility index (Phi) is 6.75. The van der Waals surface area contributed by atoms with Gasteiger partial charge < -0.3 is 20.5 Å². The first-order chi connectivity index (χ1) is 14.0. The molecule has 1 saturated heterocycles. The molecule has 0 aromatic heterocycles. The number of nitrogens with two attached hydrogens (primary N) is 1. The van der Waals surface area contributed by atoms with Gasteiger partial charge in [-0.3, -0.25) is 4.79 Å². The van der Waals surface area contributed by atoms with E-state index >= 15 is 0 Å². The molecule has 0 radical (unpaired) electrons. The maximum absolute atomic E-state index is 12.2. The molecule has 1 aliphatic rings. The number of hydrogen-bond acceptors (Lipinski definition) is 5. The van der Waals surface area contributed by atoms with Gasteiger partial charge in [-0.25, -0.2) is 0 Å². The number of halogens is 1. The summed E-state index contributed by atoms with van der Waals surface area (Å²) in [4.78, 5) is 12.2. The van der Waals surface area contributed by atoms with Gasteiger partial charge in [-0.15, -0.1) is 0 Å². The number of rotatable bonds is 7. The van der Waals surface area contributed by atoms with Crippen LogP contribution in [0, 0.1) is 11.3 Å². The summed E-state index contributed by atoms with van der Waals surface area (Å²) in [5, 5.41) is 13.0. The molecular formula is C22H24ClN3O3. The van der Waals surface area contributed by atoms with Crippen molar-refractivity contribution >= 4 is 17.5 Å². The van der Waals surface area contributed by atoms with Crippen molar-refractivity contribution in [3.8, 4) is 11.8 Å². The standard InChI is InChI=1S/C22H24ClN3O3/c1-28-19-7-6-17(23)12-18(19)22(8-10-29-11-9-22)14-26-20(21(25)27)16-4-2-15(13-24)3-5-16/h2-7,12,20,26H,8-11,14H2,1H3,(H2,25,27). The highest BCUT2D eigenvalue weighted by atomic mass is 35.5. The van der Waals surface area contributed by atoms with Crippen LogP contribution in [0.5, 0.6) is 5.75 Å². The molecule has 2 aromatic rings. The van der Waals surface area contributed by atoms with E-state index in [1.54, 1.807) is 37.4 Å². The summed E-state index contributed by atoms with van der Waals surface area (Å²) in [6, 6.07) is 13.8. The van der Waals surface area contributed by atoms with E-state index in [1.165, 1.54) is 0 Å². The summed E-state index contributed by atoms with van der Waals surface area (Å²) in [5.74, 6) is 0.280. The monoisotopic (exact) mass is 413 g/mol. The Morgan fingerprint density at radius 3 is 2.59 bits per heavy atom. The van der Waals surface area contributed by atoms with Crippen molar-refractivity contribution in [2.24, 2.45) is 5.73 Å². The lowest BCUT2D eigenvalue weighted by molar-refractivity contribution is -0.120. The lowest BCUT2D eigenvalue weighted by Crippen LogP contribution is -2.46. The maximum Gasteiger partial charge on any atom is 0.239 e. The number of primary amides is 1. The molecule has 1 heterocycles. The molecule has 3 N–H and O–H groups in total. The summed E-state index contributed by atoms with van der Waals surface area (Å²) in [5.41, 5.74) is 7.61. The fourth-order valence-corrected chi connectivity index (χ4v) is 4.00. The fraction of sp³-hybridized carbons (Fsp3) is 0.364. The second kappa shape index (κ2) is 9.27. The first-order valence-electron chi connectivity index (χ1n) is 9.43. The van der Waals surface area contributed by atoms with Gasteiger partial charge >= 0.3 is 0 Å². The Labute approximate surface area is 175 Å². The first-order valence-corrected chi connectivity index (χ1v) is 9.81. The van der Waals surface area contributed by atoms with Gasteiger partial charge in [-0.05, 0) is 48.7 Å². The molecule has 6 nitrogen and oxygen atoms in total. The van der Waals surface area contributed by atoms with Crippen molar-refractivity contribution in [3.05, 3.63) is 64.2 Å². The van der Waals surface area contributed by atoms with Crippen molar-refractivity contribution in [1.82, 2.24) is 5.32 Å². The van der Waals surface area contributed by atoms with Crippen LogP contribution in [0.2, 0.25) is 5.02 Å². The van der Waals surface area contributed by atoms with Crippen LogP contribution in [0.4, 0.5) is 0 Å². The number of nitrogens with one attached hydrogen (secondary N) is 1. The van der Waals surface area contributed by atoms with Gasteiger partial charge in [-0.2, -0.15) is 5.26 Å². The van der Waals surface area contributed by atoms with Gasteiger partial charge in [0.25, 0.3) is 0 Å². The number of carbonyl (C=O) groups is 1. The molecule has 0 saturated carbocycles. The third kappa shape index (κ3) is 4.70. The smallest absolute Gasteiger partial charge is 0.239 e. The normalized spacial score (nSPS) is 16.6. The van der Waals surface area contributed by atoms with Gasteiger partial charge in [0, 0.05) is 35.8 Å². The Hall–Kier alpha value is -2.59. The minimum atomic E-state index is -0.673. The molecule has 1 atom stereocenters. The molecule has 3 rings (SSSR count). The van der Waals surface area contributed by atoms with Gasteiger partial charge in [0.15, 0.2) is 0 Å². The second-order valence-corrected chi connectivity index (χ2v) is 7.62. The Bertz CT molecular complexity index is 903. The topological polar surface area (TPSA) is 97.4 Å². The van der Waals surface area contributed by atoms with Crippen molar-refractivity contribution in [3.63, 3.8) is 0 Å². The van der Waals surface area contributed by atoms with E-state index < -0.39 is 11.9 Å². The van der Waals surface area contributed by atoms with Crippen LogP contribution >= 0.6 is 11.6 Å². The Morgan fingerprint density at radius 1 is 1.31 bits per heavy atom. The van der Waals surface area contributed by atoms with E-state index in [1.807, 2.05) is 12.1 Å². The highest BCUT2D eigenvalue weighted by Crippen LogP contribution is 2.41. The minimum Gasteiger partial charge on any atom is -0.496 e. The molecular weight excluding hydrogens is 390 g/mol. The van der Waals surface area contributed by atoms with Crippen LogP contribution in [0.25, 0.3) is 0 Å². The number of nitriles is 1. The van der Waals surface area contributed by atoms with E-state index in [-0.39, 0.29) is 5.41 Å². The second-order valence-electron chi connectivity index (χ2n) is 7.19. The molecule has 1 unspecified atom stereocenters. The zero-order valence-electron chi connectivity index (χ0n) is 16.3.